The summed E-state index contributed by atoms with van der Waals surface area (Å²) in [5.41, 5.74) is 1.23. The second kappa shape index (κ2) is 6.14. The van der Waals surface area contributed by atoms with Crippen LogP contribution in [-0.4, -0.2) is 5.88 Å². The number of hydrogen-bond donors (Lipinski definition) is 0. The average Bonchev–Trinajstić information content (AvgIpc) is 2.32. The van der Waals surface area contributed by atoms with Gasteiger partial charge < -0.3 is 0 Å². The van der Waals surface area contributed by atoms with E-state index in [9.17, 15) is 0 Å². The lowest BCUT2D eigenvalue weighted by Gasteiger charge is -2.29. The molecule has 0 aromatic heterocycles. The summed E-state index contributed by atoms with van der Waals surface area (Å²) in [5.74, 6) is 0.656. The fraction of sp³-hybridized carbons (Fsp3) is 0.538. The molecule has 0 aliphatic carbocycles. The Morgan fingerprint density at radius 3 is 2.25 bits per heavy atom. The Kier molecular flexibility index (Phi) is 5.43. The molecule has 0 saturated carbocycles. The van der Waals surface area contributed by atoms with E-state index in [0.717, 1.165) is 24.8 Å². The topological polar surface area (TPSA) is 0 Å². The standard InChI is InChI=1S/C13H17Cl3/c1-3-13(4-2,9-14)8-10-6-5-7-11(15)12(10)16/h5-7H,3-4,8-9H2,1-2H3. The van der Waals surface area contributed by atoms with E-state index in [4.69, 9.17) is 34.8 Å². The van der Waals surface area contributed by atoms with Crippen molar-refractivity contribution >= 4 is 34.8 Å². The summed E-state index contributed by atoms with van der Waals surface area (Å²) in [5, 5.41) is 1.29. The molecule has 0 saturated heterocycles. The zero-order valence-electron chi connectivity index (χ0n) is 9.69. The molecule has 0 atom stereocenters. The van der Waals surface area contributed by atoms with E-state index >= 15 is 0 Å². The Hall–Kier alpha value is 0.0900. The third kappa shape index (κ3) is 3.06. The van der Waals surface area contributed by atoms with Crippen LogP contribution in [0, 0.1) is 5.41 Å². The van der Waals surface area contributed by atoms with E-state index in [1.54, 1.807) is 0 Å². The van der Waals surface area contributed by atoms with E-state index in [1.807, 2.05) is 18.2 Å². The number of alkyl halides is 1. The van der Waals surface area contributed by atoms with Crippen LogP contribution < -0.4 is 0 Å². The van der Waals surface area contributed by atoms with Gasteiger partial charge in [-0.3, -0.25) is 0 Å². The molecule has 0 spiro atoms. The second-order valence-corrected chi connectivity index (χ2v) is 5.28. The molecule has 1 aromatic rings. The normalized spacial score (nSPS) is 11.8. The van der Waals surface area contributed by atoms with Crippen LogP contribution in [0.3, 0.4) is 0 Å². The first-order chi connectivity index (χ1) is 7.58. The minimum atomic E-state index is 0.135. The highest BCUT2D eigenvalue weighted by molar-refractivity contribution is 6.42. The molecule has 16 heavy (non-hydrogen) atoms. The molecular weight excluding hydrogens is 263 g/mol. The Labute approximate surface area is 113 Å². The van der Waals surface area contributed by atoms with Crippen molar-refractivity contribution in [2.75, 3.05) is 5.88 Å². The zero-order valence-corrected chi connectivity index (χ0v) is 12.0. The Balaban J connectivity index is 2.98. The molecule has 0 amide bonds. The SMILES string of the molecule is CCC(CC)(CCl)Cc1cccc(Cl)c1Cl. The van der Waals surface area contributed by atoms with Gasteiger partial charge in [0.25, 0.3) is 0 Å². The van der Waals surface area contributed by atoms with Crippen LogP contribution in [-0.2, 0) is 6.42 Å². The minimum absolute atomic E-state index is 0.135. The van der Waals surface area contributed by atoms with Crippen molar-refractivity contribution in [2.24, 2.45) is 5.41 Å². The van der Waals surface area contributed by atoms with Gasteiger partial charge in [0.15, 0.2) is 0 Å². The number of hydrogen-bond acceptors (Lipinski definition) is 0. The van der Waals surface area contributed by atoms with Crippen molar-refractivity contribution in [3.8, 4) is 0 Å². The van der Waals surface area contributed by atoms with Gasteiger partial charge in [-0.15, -0.1) is 11.6 Å². The first kappa shape index (κ1) is 14.2. The van der Waals surface area contributed by atoms with Gasteiger partial charge in [-0.05, 0) is 36.3 Å². The highest BCUT2D eigenvalue weighted by atomic mass is 35.5. The van der Waals surface area contributed by atoms with E-state index in [0.29, 0.717) is 15.9 Å². The van der Waals surface area contributed by atoms with Crippen LogP contribution in [0.1, 0.15) is 32.3 Å². The van der Waals surface area contributed by atoms with E-state index < -0.39 is 0 Å². The average molecular weight is 280 g/mol. The molecule has 0 heterocycles. The molecule has 90 valence electrons. The molecule has 0 aliphatic rings. The predicted octanol–water partition coefficient (Wildman–Crippen LogP) is 5.58. The fourth-order valence-corrected chi connectivity index (χ4v) is 2.68. The lowest BCUT2D eigenvalue weighted by Crippen LogP contribution is -2.24. The molecule has 1 aromatic carbocycles. The molecule has 0 unspecified atom stereocenters. The van der Waals surface area contributed by atoms with Crippen molar-refractivity contribution in [3.63, 3.8) is 0 Å². The van der Waals surface area contributed by atoms with Crippen molar-refractivity contribution in [3.05, 3.63) is 33.8 Å². The minimum Gasteiger partial charge on any atom is -0.126 e. The van der Waals surface area contributed by atoms with Gasteiger partial charge in [0.05, 0.1) is 10.0 Å². The maximum absolute atomic E-state index is 6.20. The predicted molar refractivity (Wildman–Crippen MR) is 73.9 cm³/mol. The highest BCUT2D eigenvalue weighted by Gasteiger charge is 2.26. The van der Waals surface area contributed by atoms with Crippen LogP contribution in [0.4, 0.5) is 0 Å². The van der Waals surface area contributed by atoms with Gasteiger partial charge in [0.2, 0.25) is 0 Å². The van der Waals surface area contributed by atoms with Crippen LogP contribution in [0.15, 0.2) is 18.2 Å². The third-order valence-corrected chi connectivity index (χ3v) is 4.81. The largest absolute Gasteiger partial charge is 0.126 e. The molecule has 0 N–H and O–H groups in total. The molecule has 0 bridgehead atoms. The molecule has 0 aliphatic heterocycles. The summed E-state index contributed by atoms with van der Waals surface area (Å²) < 4.78 is 0. The van der Waals surface area contributed by atoms with E-state index in [1.165, 1.54) is 0 Å². The maximum atomic E-state index is 6.20. The molecule has 1 rings (SSSR count). The van der Waals surface area contributed by atoms with Crippen LogP contribution in [0.5, 0.6) is 0 Å². The quantitative estimate of drug-likeness (QED) is 0.617. The van der Waals surface area contributed by atoms with Crippen LogP contribution in [0.25, 0.3) is 0 Å². The molecular formula is C13H17Cl3. The van der Waals surface area contributed by atoms with Crippen molar-refractivity contribution in [1.29, 1.82) is 0 Å². The molecule has 0 radical (unpaired) electrons. The van der Waals surface area contributed by atoms with E-state index in [2.05, 4.69) is 13.8 Å². The second-order valence-electron chi connectivity index (χ2n) is 4.23. The van der Waals surface area contributed by atoms with Crippen LogP contribution in [0.2, 0.25) is 10.0 Å². The molecule has 3 heteroatoms. The monoisotopic (exact) mass is 278 g/mol. The Bertz CT molecular complexity index is 335. The zero-order chi connectivity index (χ0) is 12.2. The third-order valence-electron chi connectivity index (χ3n) is 3.38. The van der Waals surface area contributed by atoms with Crippen molar-refractivity contribution < 1.29 is 0 Å². The van der Waals surface area contributed by atoms with Crippen LogP contribution >= 0.6 is 34.8 Å². The molecule has 0 nitrogen and oxygen atoms in total. The molecule has 0 fully saturated rings. The van der Waals surface area contributed by atoms with Gasteiger partial charge in [0.1, 0.15) is 0 Å². The lowest BCUT2D eigenvalue weighted by molar-refractivity contribution is 0.302. The van der Waals surface area contributed by atoms with Crippen molar-refractivity contribution in [2.45, 2.75) is 33.1 Å². The number of rotatable bonds is 5. The van der Waals surface area contributed by atoms with Gasteiger partial charge in [0, 0.05) is 5.88 Å². The first-order valence-electron chi connectivity index (χ1n) is 5.57. The first-order valence-corrected chi connectivity index (χ1v) is 6.86. The Morgan fingerprint density at radius 2 is 1.75 bits per heavy atom. The van der Waals surface area contributed by atoms with Gasteiger partial charge in [-0.2, -0.15) is 0 Å². The lowest BCUT2D eigenvalue weighted by atomic mass is 9.79. The summed E-state index contributed by atoms with van der Waals surface area (Å²) in [6, 6.07) is 5.78. The highest BCUT2D eigenvalue weighted by Crippen LogP contribution is 2.36. The summed E-state index contributed by atoms with van der Waals surface area (Å²) in [7, 11) is 0. The van der Waals surface area contributed by atoms with Gasteiger partial charge >= 0.3 is 0 Å². The van der Waals surface area contributed by atoms with Gasteiger partial charge in [-0.25, -0.2) is 0 Å². The smallest absolute Gasteiger partial charge is 0.0624 e. The number of benzene rings is 1. The Morgan fingerprint density at radius 1 is 1.12 bits per heavy atom. The maximum Gasteiger partial charge on any atom is 0.0624 e. The summed E-state index contributed by atoms with van der Waals surface area (Å²) >= 11 is 18.3. The summed E-state index contributed by atoms with van der Waals surface area (Å²) in [6.45, 7) is 4.34. The van der Waals surface area contributed by atoms with E-state index in [-0.39, 0.29) is 5.41 Å². The number of halogens is 3. The van der Waals surface area contributed by atoms with Gasteiger partial charge in [-0.1, -0.05) is 49.2 Å². The van der Waals surface area contributed by atoms with Crippen molar-refractivity contribution in [1.82, 2.24) is 0 Å². The summed E-state index contributed by atoms with van der Waals surface area (Å²) in [4.78, 5) is 0. The summed E-state index contributed by atoms with van der Waals surface area (Å²) in [6.07, 6.45) is 2.99. The fourth-order valence-electron chi connectivity index (χ4n) is 1.83.